The van der Waals surface area contributed by atoms with Crippen LogP contribution in [-0.4, -0.2) is 71.7 Å². The maximum Gasteiger partial charge on any atom is 0.410 e. The van der Waals surface area contributed by atoms with Crippen molar-refractivity contribution in [3.05, 3.63) is 36.0 Å². The van der Waals surface area contributed by atoms with E-state index in [0.717, 1.165) is 36.1 Å². The normalized spacial score (nSPS) is 15.6. The van der Waals surface area contributed by atoms with E-state index < -0.39 is 5.60 Å². The largest absolute Gasteiger partial charge is 0.444 e. The molecule has 7 nitrogen and oxygen atoms in total. The number of rotatable bonds is 5. The van der Waals surface area contributed by atoms with Crippen LogP contribution in [0.4, 0.5) is 4.79 Å². The lowest BCUT2D eigenvalue weighted by Gasteiger charge is -2.35. The highest BCUT2D eigenvalue weighted by Gasteiger charge is 2.25. The van der Waals surface area contributed by atoms with Crippen molar-refractivity contribution in [1.82, 2.24) is 20.1 Å². The van der Waals surface area contributed by atoms with Crippen LogP contribution < -0.4 is 5.32 Å². The van der Waals surface area contributed by atoms with E-state index in [0.29, 0.717) is 26.1 Å². The Hall–Kier alpha value is -2.54. The van der Waals surface area contributed by atoms with Crippen LogP contribution in [0.25, 0.3) is 10.9 Å². The predicted molar refractivity (Wildman–Crippen MR) is 109 cm³/mol. The smallest absolute Gasteiger partial charge is 0.410 e. The molecule has 2 heterocycles. The number of fused-ring (bicyclic) bond motifs is 1. The molecule has 0 radical (unpaired) electrons. The molecule has 0 unspecified atom stereocenters. The van der Waals surface area contributed by atoms with E-state index in [4.69, 9.17) is 4.74 Å². The summed E-state index contributed by atoms with van der Waals surface area (Å²) in [5, 5.41) is 4.09. The zero-order valence-electron chi connectivity index (χ0n) is 17.0. The molecule has 7 heteroatoms. The average Bonchev–Trinajstić information content (AvgIpc) is 3.04. The SMILES string of the molecule is CC(C)(C)OC(=O)N1CCN(CCNC(=O)Cc2c[nH]c3ccccc23)CC1. The van der Waals surface area contributed by atoms with Crippen molar-refractivity contribution in [3.8, 4) is 0 Å². The number of aromatic amines is 1. The number of aromatic nitrogens is 1. The van der Waals surface area contributed by atoms with Crippen molar-refractivity contribution in [1.29, 1.82) is 0 Å². The number of nitrogens with one attached hydrogen (secondary N) is 2. The molecule has 1 aliphatic rings. The highest BCUT2D eigenvalue weighted by atomic mass is 16.6. The van der Waals surface area contributed by atoms with Crippen LogP contribution in [0, 0.1) is 0 Å². The Labute approximate surface area is 166 Å². The maximum absolute atomic E-state index is 12.3. The van der Waals surface area contributed by atoms with Gasteiger partial charge in [-0.15, -0.1) is 0 Å². The third-order valence-corrected chi connectivity index (χ3v) is 4.80. The Kier molecular flexibility index (Phi) is 6.24. The van der Waals surface area contributed by atoms with E-state index in [1.807, 2.05) is 51.2 Å². The zero-order chi connectivity index (χ0) is 20.1. The summed E-state index contributed by atoms with van der Waals surface area (Å²) in [5.41, 5.74) is 1.59. The first-order chi connectivity index (χ1) is 13.3. The van der Waals surface area contributed by atoms with E-state index in [2.05, 4.69) is 15.2 Å². The lowest BCUT2D eigenvalue weighted by molar-refractivity contribution is -0.120. The Bertz CT molecular complexity index is 816. The Balaban J connectivity index is 1.37. The van der Waals surface area contributed by atoms with Gasteiger partial charge in [0.2, 0.25) is 5.91 Å². The van der Waals surface area contributed by atoms with E-state index in [-0.39, 0.29) is 12.0 Å². The third-order valence-electron chi connectivity index (χ3n) is 4.80. The van der Waals surface area contributed by atoms with Crippen LogP contribution in [-0.2, 0) is 16.0 Å². The first-order valence-electron chi connectivity index (χ1n) is 9.84. The van der Waals surface area contributed by atoms with Crippen LogP contribution in [0.15, 0.2) is 30.5 Å². The molecule has 1 aromatic carbocycles. The summed E-state index contributed by atoms with van der Waals surface area (Å²) in [5.74, 6) is 0.0251. The summed E-state index contributed by atoms with van der Waals surface area (Å²) < 4.78 is 5.41. The van der Waals surface area contributed by atoms with Gasteiger partial charge in [0.15, 0.2) is 0 Å². The van der Waals surface area contributed by atoms with Gasteiger partial charge in [-0.3, -0.25) is 9.69 Å². The first kappa shape index (κ1) is 20.2. The lowest BCUT2D eigenvalue weighted by atomic mass is 10.1. The van der Waals surface area contributed by atoms with Crippen molar-refractivity contribution < 1.29 is 14.3 Å². The van der Waals surface area contributed by atoms with Crippen LogP contribution in [0.2, 0.25) is 0 Å². The Morgan fingerprint density at radius 2 is 1.86 bits per heavy atom. The summed E-state index contributed by atoms with van der Waals surface area (Å²) >= 11 is 0. The molecule has 0 atom stereocenters. The molecule has 0 bridgehead atoms. The molecule has 152 valence electrons. The minimum absolute atomic E-state index is 0.0251. The van der Waals surface area contributed by atoms with E-state index in [9.17, 15) is 9.59 Å². The van der Waals surface area contributed by atoms with Crippen molar-refractivity contribution >= 4 is 22.9 Å². The molecule has 0 spiro atoms. The highest BCUT2D eigenvalue weighted by molar-refractivity contribution is 5.88. The van der Waals surface area contributed by atoms with Gasteiger partial charge in [-0.1, -0.05) is 18.2 Å². The fraction of sp³-hybridized carbons (Fsp3) is 0.524. The molecule has 2 N–H and O–H groups in total. The number of hydrogen-bond donors (Lipinski definition) is 2. The van der Waals surface area contributed by atoms with E-state index in [1.54, 1.807) is 4.90 Å². The standard InChI is InChI=1S/C21H30N4O3/c1-21(2,3)28-20(27)25-12-10-24(11-13-25)9-8-22-19(26)14-16-15-23-18-7-5-4-6-17(16)18/h4-7,15,23H,8-14H2,1-3H3,(H,22,26). The molecule has 0 aliphatic carbocycles. The van der Waals surface area contributed by atoms with Gasteiger partial charge in [-0.05, 0) is 32.4 Å². The number of nitrogens with zero attached hydrogens (tertiary/aromatic N) is 2. The van der Waals surface area contributed by atoms with Crippen molar-refractivity contribution in [3.63, 3.8) is 0 Å². The van der Waals surface area contributed by atoms with Gasteiger partial charge in [0.05, 0.1) is 6.42 Å². The summed E-state index contributed by atoms with van der Waals surface area (Å²) in [6.07, 6.45) is 2.02. The average molecular weight is 386 g/mol. The molecule has 1 fully saturated rings. The number of piperazine rings is 1. The van der Waals surface area contributed by atoms with Gasteiger partial charge in [0, 0.05) is 56.4 Å². The number of carbonyl (C=O) groups excluding carboxylic acids is 2. The zero-order valence-corrected chi connectivity index (χ0v) is 17.0. The quantitative estimate of drug-likeness (QED) is 0.827. The predicted octanol–water partition coefficient (Wildman–Crippen LogP) is 2.38. The minimum atomic E-state index is -0.469. The van der Waals surface area contributed by atoms with Crippen LogP contribution >= 0.6 is 0 Å². The summed E-state index contributed by atoms with van der Waals surface area (Å²) in [6, 6.07) is 7.99. The number of carbonyl (C=O) groups is 2. The summed E-state index contributed by atoms with van der Waals surface area (Å²) in [6.45, 7) is 9.89. The van der Waals surface area contributed by atoms with Gasteiger partial charge in [-0.25, -0.2) is 4.79 Å². The van der Waals surface area contributed by atoms with Crippen LogP contribution in [0.3, 0.4) is 0 Å². The maximum atomic E-state index is 12.3. The fourth-order valence-electron chi connectivity index (χ4n) is 3.35. The summed E-state index contributed by atoms with van der Waals surface area (Å²) in [4.78, 5) is 31.6. The first-order valence-corrected chi connectivity index (χ1v) is 9.84. The second kappa shape index (κ2) is 8.65. The molecule has 2 amide bonds. The molecule has 3 rings (SSSR count). The number of amides is 2. The molecular weight excluding hydrogens is 356 g/mol. The van der Waals surface area contributed by atoms with Gasteiger partial charge >= 0.3 is 6.09 Å². The summed E-state index contributed by atoms with van der Waals surface area (Å²) in [7, 11) is 0. The second-order valence-corrected chi connectivity index (χ2v) is 8.20. The fourth-order valence-corrected chi connectivity index (χ4v) is 3.35. The van der Waals surface area contributed by atoms with Crippen molar-refractivity contribution in [2.75, 3.05) is 39.3 Å². The molecule has 1 aromatic heterocycles. The van der Waals surface area contributed by atoms with Crippen LogP contribution in [0.5, 0.6) is 0 Å². The highest BCUT2D eigenvalue weighted by Crippen LogP contribution is 2.18. The van der Waals surface area contributed by atoms with E-state index in [1.165, 1.54) is 0 Å². The number of H-pyrrole nitrogens is 1. The van der Waals surface area contributed by atoms with Crippen LogP contribution in [0.1, 0.15) is 26.3 Å². The molecule has 0 saturated carbocycles. The Morgan fingerprint density at radius 3 is 2.57 bits per heavy atom. The number of para-hydroxylation sites is 1. The number of ether oxygens (including phenoxy) is 1. The topological polar surface area (TPSA) is 77.7 Å². The minimum Gasteiger partial charge on any atom is -0.444 e. The molecule has 1 aliphatic heterocycles. The van der Waals surface area contributed by atoms with Crippen molar-refractivity contribution in [2.45, 2.75) is 32.8 Å². The molecule has 2 aromatic rings. The molecule has 1 saturated heterocycles. The molecular formula is C21H30N4O3. The third kappa shape index (κ3) is 5.48. The van der Waals surface area contributed by atoms with Gasteiger partial charge < -0.3 is 19.9 Å². The number of hydrogen-bond acceptors (Lipinski definition) is 4. The van der Waals surface area contributed by atoms with Gasteiger partial charge in [0.1, 0.15) is 5.60 Å². The van der Waals surface area contributed by atoms with Crippen molar-refractivity contribution in [2.24, 2.45) is 0 Å². The molecule has 28 heavy (non-hydrogen) atoms. The Morgan fingerprint density at radius 1 is 1.14 bits per heavy atom. The van der Waals surface area contributed by atoms with Gasteiger partial charge in [-0.2, -0.15) is 0 Å². The van der Waals surface area contributed by atoms with Gasteiger partial charge in [0.25, 0.3) is 0 Å². The monoisotopic (exact) mass is 386 g/mol. The van der Waals surface area contributed by atoms with E-state index >= 15 is 0 Å². The lowest BCUT2D eigenvalue weighted by Crippen LogP contribution is -2.51. The number of benzene rings is 1. The second-order valence-electron chi connectivity index (χ2n) is 8.20.